The maximum atomic E-state index is 14.1. The minimum atomic E-state index is -1.03. The summed E-state index contributed by atoms with van der Waals surface area (Å²) in [6, 6.07) is 42.7. The standard InChI is InChI=1S/C52H58N4O8/c1-4-35-63-50(59)53-33-17-15-28-47(49(58)62-3)55-48(57)46(56-51(60)64-36-45-43-25-13-11-23-41(43)42-24-12-14-26-44(42)45)27-16-18-34-54-52(37-19-7-5-8-20-37,38-21-9-6-10-22-38)39-29-31-40(61-2)32-30-39/h4-14,19-26,29-32,45-47,54H,1,15-18,27-28,33-36H2,2-3H3,(H,53,59)(H,55,57)(H,56,60)/t46-,47-/m0/s1. The molecule has 0 saturated heterocycles. The average molecular weight is 867 g/mol. The number of hydrogen-bond donors (Lipinski definition) is 4. The van der Waals surface area contributed by atoms with Gasteiger partial charge >= 0.3 is 18.2 Å². The van der Waals surface area contributed by atoms with Crippen molar-refractivity contribution in [1.82, 2.24) is 21.3 Å². The van der Waals surface area contributed by atoms with Crippen LogP contribution in [0.1, 0.15) is 72.3 Å². The van der Waals surface area contributed by atoms with Crippen molar-refractivity contribution in [2.75, 3.05) is 40.5 Å². The summed E-state index contributed by atoms with van der Waals surface area (Å²) >= 11 is 0. The van der Waals surface area contributed by atoms with Gasteiger partial charge in [0.15, 0.2) is 0 Å². The lowest BCUT2D eigenvalue weighted by Crippen LogP contribution is -2.52. The Kier molecular flexibility index (Phi) is 17.1. The molecule has 0 bridgehead atoms. The van der Waals surface area contributed by atoms with Crippen molar-refractivity contribution in [2.24, 2.45) is 0 Å². The summed E-state index contributed by atoms with van der Waals surface area (Å²) in [7, 11) is 2.91. The molecule has 3 amide bonds. The lowest BCUT2D eigenvalue weighted by molar-refractivity contribution is -0.145. The van der Waals surface area contributed by atoms with Crippen LogP contribution in [0.4, 0.5) is 9.59 Å². The molecule has 0 aromatic heterocycles. The summed E-state index contributed by atoms with van der Waals surface area (Å²) in [4.78, 5) is 52.5. The normalized spacial score (nSPS) is 12.7. The number of alkyl carbamates (subject to hydrolysis) is 2. The fourth-order valence-corrected chi connectivity index (χ4v) is 8.34. The molecule has 334 valence electrons. The summed E-state index contributed by atoms with van der Waals surface area (Å²) in [5.74, 6) is -0.574. The number of carbonyl (C=O) groups is 4. The predicted octanol–water partition coefficient (Wildman–Crippen LogP) is 8.39. The highest BCUT2D eigenvalue weighted by atomic mass is 16.6. The fraction of sp³-hybridized carbons (Fsp3) is 0.308. The summed E-state index contributed by atoms with van der Waals surface area (Å²) in [6.07, 6.45) is 2.84. The molecule has 0 heterocycles. The Hall–Kier alpha value is -6.92. The van der Waals surface area contributed by atoms with Crippen molar-refractivity contribution >= 4 is 24.1 Å². The highest BCUT2D eigenvalue weighted by molar-refractivity contribution is 5.89. The number of esters is 1. The molecule has 5 aromatic carbocycles. The average Bonchev–Trinajstić information content (AvgIpc) is 3.66. The third kappa shape index (κ3) is 11.8. The first-order chi connectivity index (χ1) is 31.3. The van der Waals surface area contributed by atoms with E-state index in [1.54, 1.807) is 7.11 Å². The predicted molar refractivity (Wildman–Crippen MR) is 247 cm³/mol. The lowest BCUT2D eigenvalue weighted by Gasteiger charge is -2.37. The van der Waals surface area contributed by atoms with Crippen LogP contribution in [0.2, 0.25) is 0 Å². The maximum Gasteiger partial charge on any atom is 0.407 e. The van der Waals surface area contributed by atoms with Gasteiger partial charge in [-0.25, -0.2) is 14.4 Å². The molecular weight excluding hydrogens is 809 g/mol. The number of carbonyl (C=O) groups excluding carboxylic acids is 4. The lowest BCUT2D eigenvalue weighted by atomic mass is 9.77. The summed E-state index contributed by atoms with van der Waals surface area (Å²) in [5.41, 5.74) is 6.75. The van der Waals surface area contributed by atoms with Crippen LogP contribution in [-0.2, 0) is 29.3 Å². The summed E-state index contributed by atoms with van der Waals surface area (Å²) in [6.45, 7) is 4.56. The van der Waals surface area contributed by atoms with E-state index in [9.17, 15) is 19.2 Å². The first-order valence-corrected chi connectivity index (χ1v) is 21.8. The highest BCUT2D eigenvalue weighted by Gasteiger charge is 2.36. The largest absolute Gasteiger partial charge is 0.497 e. The number of hydrogen-bond acceptors (Lipinski definition) is 9. The summed E-state index contributed by atoms with van der Waals surface area (Å²) in [5, 5.41) is 12.2. The van der Waals surface area contributed by atoms with E-state index in [-0.39, 0.29) is 32.0 Å². The number of amides is 3. The fourth-order valence-electron chi connectivity index (χ4n) is 8.34. The van der Waals surface area contributed by atoms with Gasteiger partial charge in [-0.2, -0.15) is 0 Å². The number of ether oxygens (including phenoxy) is 4. The number of methoxy groups -OCH3 is 2. The zero-order valence-corrected chi connectivity index (χ0v) is 36.6. The van der Waals surface area contributed by atoms with Gasteiger partial charge in [0.2, 0.25) is 5.91 Å². The Balaban J connectivity index is 1.16. The second-order valence-corrected chi connectivity index (χ2v) is 15.5. The third-order valence-corrected chi connectivity index (χ3v) is 11.5. The second kappa shape index (κ2) is 23.5. The zero-order valence-electron chi connectivity index (χ0n) is 36.6. The Morgan fingerprint density at radius 3 is 1.75 bits per heavy atom. The van der Waals surface area contributed by atoms with E-state index < -0.39 is 41.7 Å². The van der Waals surface area contributed by atoms with E-state index in [4.69, 9.17) is 18.9 Å². The van der Waals surface area contributed by atoms with E-state index in [1.165, 1.54) is 13.2 Å². The number of unbranched alkanes of at least 4 members (excludes halogenated alkanes) is 2. The Morgan fingerprint density at radius 2 is 1.17 bits per heavy atom. The second-order valence-electron chi connectivity index (χ2n) is 15.5. The van der Waals surface area contributed by atoms with Gasteiger partial charge in [-0.1, -0.05) is 134 Å². The Morgan fingerprint density at radius 1 is 0.625 bits per heavy atom. The van der Waals surface area contributed by atoms with Gasteiger partial charge in [-0.15, -0.1) is 0 Å². The van der Waals surface area contributed by atoms with Crippen LogP contribution in [0.15, 0.2) is 146 Å². The molecule has 0 radical (unpaired) electrons. The number of benzene rings is 5. The number of nitrogens with one attached hydrogen (secondary N) is 4. The number of rotatable bonds is 23. The monoisotopic (exact) mass is 866 g/mol. The molecule has 0 spiro atoms. The minimum Gasteiger partial charge on any atom is -0.497 e. The molecule has 0 saturated carbocycles. The maximum absolute atomic E-state index is 14.1. The van der Waals surface area contributed by atoms with Crippen LogP contribution < -0.4 is 26.0 Å². The van der Waals surface area contributed by atoms with Gasteiger partial charge in [-0.05, 0) is 96.1 Å². The molecule has 0 fully saturated rings. The van der Waals surface area contributed by atoms with Gasteiger partial charge < -0.3 is 34.9 Å². The van der Waals surface area contributed by atoms with Crippen molar-refractivity contribution in [3.63, 3.8) is 0 Å². The topological polar surface area (TPSA) is 153 Å². The van der Waals surface area contributed by atoms with Crippen molar-refractivity contribution in [1.29, 1.82) is 0 Å². The van der Waals surface area contributed by atoms with Gasteiger partial charge in [-0.3, -0.25) is 10.1 Å². The molecule has 2 atom stereocenters. The molecule has 0 unspecified atom stereocenters. The zero-order chi connectivity index (χ0) is 45.2. The molecule has 1 aliphatic carbocycles. The molecule has 12 nitrogen and oxygen atoms in total. The molecule has 12 heteroatoms. The molecule has 0 aliphatic heterocycles. The molecule has 64 heavy (non-hydrogen) atoms. The van der Waals surface area contributed by atoms with Gasteiger partial charge in [0.1, 0.15) is 31.0 Å². The van der Waals surface area contributed by atoms with Crippen LogP contribution in [0, 0.1) is 0 Å². The third-order valence-electron chi connectivity index (χ3n) is 11.5. The van der Waals surface area contributed by atoms with Gasteiger partial charge in [0, 0.05) is 12.5 Å². The Labute approximate surface area is 375 Å². The van der Waals surface area contributed by atoms with E-state index in [0.29, 0.717) is 38.8 Å². The minimum absolute atomic E-state index is 0.0739. The van der Waals surface area contributed by atoms with Crippen molar-refractivity contribution in [3.05, 3.63) is 174 Å². The molecule has 1 aliphatic rings. The van der Waals surface area contributed by atoms with Crippen LogP contribution in [0.25, 0.3) is 11.1 Å². The van der Waals surface area contributed by atoms with Gasteiger partial charge in [0.25, 0.3) is 0 Å². The molecule has 5 aromatic rings. The van der Waals surface area contributed by atoms with Crippen molar-refractivity contribution in [2.45, 2.75) is 62.1 Å². The summed E-state index contributed by atoms with van der Waals surface area (Å²) < 4.78 is 21.4. The van der Waals surface area contributed by atoms with E-state index >= 15 is 0 Å². The van der Waals surface area contributed by atoms with E-state index in [2.05, 4.69) is 76.4 Å². The van der Waals surface area contributed by atoms with E-state index in [1.807, 2.05) is 84.9 Å². The van der Waals surface area contributed by atoms with Crippen LogP contribution in [-0.4, -0.2) is 76.7 Å². The smallest absolute Gasteiger partial charge is 0.407 e. The Bertz CT molecular complexity index is 2220. The SMILES string of the molecule is C=CCOC(=O)NCCCC[C@H](NC(=O)[C@H](CCCCNC(c1ccccc1)(c1ccccc1)c1ccc(OC)cc1)NC(=O)OCC1c2ccccc2-c2ccccc21)C(=O)OC. The quantitative estimate of drug-likeness (QED) is 0.0167. The van der Waals surface area contributed by atoms with Gasteiger partial charge in [0.05, 0.1) is 19.8 Å². The van der Waals surface area contributed by atoms with Crippen LogP contribution >= 0.6 is 0 Å². The first-order valence-electron chi connectivity index (χ1n) is 21.8. The van der Waals surface area contributed by atoms with E-state index in [0.717, 1.165) is 44.7 Å². The molecular formula is C52H58N4O8. The van der Waals surface area contributed by atoms with Crippen LogP contribution in [0.5, 0.6) is 5.75 Å². The van der Waals surface area contributed by atoms with Crippen molar-refractivity contribution in [3.8, 4) is 16.9 Å². The van der Waals surface area contributed by atoms with Crippen molar-refractivity contribution < 1.29 is 38.1 Å². The van der Waals surface area contributed by atoms with Crippen LogP contribution in [0.3, 0.4) is 0 Å². The first kappa shape index (κ1) is 46.6. The molecule has 4 N–H and O–H groups in total. The molecule has 6 rings (SSSR count). The highest BCUT2D eigenvalue weighted by Crippen LogP contribution is 2.44. The number of fused-ring (bicyclic) bond motifs is 3.